The van der Waals surface area contributed by atoms with Crippen LogP contribution in [0.1, 0.15) is 23.2 Å². The molecular formula is C14H21N3O2. The third-order valence-corrected chi connectivity index (χ3v) is 3.60. The number of piperidine rings is 1. The molecule has 1 aromatic rings. The molecule has 0 radical (unpaired) electrons. The summed E-state index contributed by atoms with van der Waals surface area (Å²) in [5, 5.41) is 12.3. The highest BCUT2D eigenvalue weighted by Gasteiger charge is 2.17. The zero-order valence-electron chi connectivity index (χ0n) is 11.2. The van der Waals surface area contributed by atoms with Gasteiger partial charge in [-0.25, -0.2) is 4.79 Å². The molecule has 0 aromatic heterocycles. The number of anilines is 2. The SMILES string of the molecule is CN1CCCC(CNc2ccc(N)c(C(=O)O)c2)C1. The van der Waals surface area contributed by atoms with Gasteiger partial charge in [0.2, 0.25) is 0 Å². The van der Waals surface area contributed by atoms with Gasteiger partial charge in [0, 0.05) is 24.5 Å². The third-order valence-electron chi connectivity index (χ3n) is 3.60. The zero-order valence-corrected chi connectivity index (χ0v) is 11.2. The topological polar surface area (TPSA) is 78.6 Å². The van der Waals surface area contributed by atoms with Gasteiger partial charge < -0.3 is 21.1 Å². The van der Waals surface area contributed by atoms with Gasteiger partial charge in [0.25, 0.3) is 0 Å². The van der Waals surface area contributed by atoms with Crippen LogP contribution >= 0.6 is 0 Å². The summed E-state index contributed by atoms with van der Waals surface area (Å²) in [5.41, 5.74) is 6.91. The average Bonchev–Trinajstić information content (AvgIpc) is 2.37. The number of hydrogen-bond donors (Lipinski definition) is 3. The van der Waals surface area contributed by atoms with Gasteiger partial charge in [-0.3, -0.25) is 0 Å². The Morgan fingerprint density at radius 2 is 2.37 bits per heavy atom. The molecule has 1 fully saturated rings. The van der Waals surface area contributed by atoms with Crippen molar-refractivity contribution in [1.82, 2.24) is 4.90 Å². The summed E-state index contributed by atoms with van der Waals surface area (Å²) in [6.07, 6.45) is 2.45. The van der Waals surface area contributed by atoms with Crippen LogP contribution in [0.4, 0.5) is 11.4 Å². The number of nitrogen functional groups attached to an aromatic ring is 1. The molecule has 0 amide bonds. The lowest BCUT2D eigenvalue weighted by molar-refractivity contribution is 0.0698. The van der Waals surface area contributed by atoms with E-state index in [2.05, 4.69) is 17.3 Å². The molecule has 0 aliphatic carbocycles. The van der Waals surface area contributed by atoms with Crippen LogP contribution < -0.4 is 11.1 Å². The van der Waals surface area contributed by atoms with E-state index in [0.29, 0.717) is 11.6 Å². The highest BCUT2D eigenvalue weighted by Crippen LogP contribution is 2.20. The average molecular weight is 263 g/mol. The van der Waals surface area contributed by atoms with Crippen LogP contribution in [0.5, 0.6) is 0 Å². The number of rotatable bonds is 4. The molecule has 1 heterocycles. The number of nitrogens with zero attached hydrogens (tertiary/aromatic N) is 1. The zero-order chi connectivity index (χ0) is 13.8. The summed E-state index contributed by atoms with van der Waals surface area (Å²) in [4.78, 5) is 13.3. The maximum absolute atomic E-state index is 11.0. The molecule has 5 nitrogen and oxygen atoms in total. The number of likely N-dealkylation sites (tertiary alicyclic amines) is 1. The maximum Gasteiger partial charge on any atom is 0.337 e. The van der Waals surface area contributed by atoms with Crippen LogP contribution in [0.15, 0.2) is 18.2 Å². The second-order valence-corrected chi connectivity index (χ2v) is 5.26. The van der Waals surface area contributed by atoms with E-state index in [1.54, 1.807) is 12.1 Å². The number of hydrogen-bond acceptors (Lipinski definition) is 4. The smallest absolute Gasteiger partial charge is 0.337 e. The van der Waals surface area contributed by atoms with E-state index in [0.717, 1.165) is 18.8 Å². The number of nitrogens with two attached hydrogens (primary N) is 1. The van der Waals surface area contributed by atoms with E-state index in [1.165, 1.54) is 19.4 Å². The Hall–Kier alpha value is -1.75. The molecule has 1 unspecified atom stereocenters. The van der Waals surface area contributed by atoms with Crippen molar-refractivity contribution in [3.8, 4) is 0 Å². The number of aromatic carboxylic acids is 1. The van der Waals surface area contributed by atoms with Crippen LogP contribution in [0, 0.1) is 5.92 Å². The van der Waals surface area contributed by atoms with E-state index in [-0.39, 0.29) is 5.56 Å². The fraction of sp³-hybridized carbons (Fsp3) is 0.500. The fourth-order valence-corrected chi connectivity index (χ4v) is 2.55. The highest BCUT2D eigenvalue weighted by atomic mass is 16.4. The maximum atomic E-state index is 11.0. The second-order valence-electron chi connectivity index (χ2n) is 5.26. The van der Waals surface area contributed by atoms with Crippen molar-refractivity contribution < 1.29 is 9.90 Å². The summed E-state index contributed by atoms with van der Waals surface area (Å²) in [6, 6.07) is 5.07. The van der Waals surface area contributed by atoms with Gasteiger partial charge in [-0.15, -0.1) is 0 Å². The largest absolute Gasteiger partial charge is 0.478 e. The third kappa shape index (κ3) is 3.61. The number of carboxylic acid groups (broad SMARTS) is 1. The molecule has 0 spiro atoms. The summed E-state index contributed by atoms with van der Waals surface area (Å²) < 4.78 is 0. The Kier molecular flexibility index (Phi) is 4.27. The molecule has 0 saturated carbocycles. The van der Waals surface area contributed by atoms with E-state index in [9.17, 15) is 4.79 Å². The molecule has 4 N–H and O–H groups in total. The van der Waals surface area contributed by atoms with Crippen molar-refractivity contribution in [2.24, 2.45) is 5.92 Å². The van der Waals surface area contributed by atoms with Gasteiger partial charge in [0.15, 0.2) is 0 Å². The quantitative estimate of drug-likeness (QED) is 0.721. The van der Waals surface area contributed by atoms with Crippen molar-refractivity contribution in [2.75, 3.05) is 37.7 Å². The fourth-order valence-electron chi connectivity index (χ4n) is 2.55. The Balaban J connectivity index is 1.96. The van der Waals surface area contributed by atoms with Gasteiger partial charge in [-0.2, -0.15) is 0 Å². The van der Waals surface area contributed by atoms with E-state index >= 15 is 0 Å². The molecule has 104 valence electrons. The number of benzene rings is 1. The Morgan fingerprint density at radius 1 is 1.58 bits per heavy atom. The molecule has 2 rings (SSSR count). The summed E-state index contributed by atoms with van der Waals surface area (Å²) >= 11 is 0. The van der Waals surface area contributed by atoms with Crippen molar-refractivity contribution >= 4 is 17.3 Å². The highest BCUT2D eigenvalue weighted by molar-refractivity contribution is 5.94. The first-order chi connectivity index (χ1) is 9.06. The summed E-state index contributed by atoms with van der Waals surface area (Å²) in [6.45, 7) is 3.13. The van der Waals surface area contributed by atoms with Crippen molar-refractivity contribution in [2.45, 2.75) is 12.8 Å². The van der Waals surface area contributed by atoms with E-state index in [1.807, 2.05) is 6.07 Å². The van der Waals surface area contributed by atoms with Crippen LogP contribution in [0.25, 0.3) is 0 Å². The van der Waals surface area contributed by atoms with E-state index in [4.69, 9.17) is 10.8 Å². The summed E-state index contributed by atoms with van der Waals surface area (Å²) in [5.74, 6) is -0.372. The minimum absolute atomic E-state index is 0.158. The van der Waals surface area contributed by atoms with Crippen molar-refractivity contribution in [3.63, 3.8) is 0 Å². The molecular weight excluding hydrogens is 242 g/mol. The molecule has 5 heteroatoms. The van der Waals surface area contributed by atoms with Gasteiger partial charge in [-0.1, -0.05) is 0 Å². The molecule has 1 aromatic carbocycles. The molecule has 1 aliphatic heterocycles. The predicted molar refractivity (Wildman–Crippen MR) is 76.5 cm³/mol. The molecule has 0 bridgehead atoms. The Morgan fingerprint density at radius 3 is 3.05 bits per heavy atom. The van der Waals surface area contributed by atoms with Crippen LogP contribution in [-0.4, -0.2) is 42.7 Å². The molecule has 1 atom stereocenters. The van der Waals surface area contributed by atoms with Crippen molar-refractivity contribution in [3.05, 3.63) is 23.8 Å². The standard InChI is InChI=1S/C14H21N3O2/c1-17-6-2-3-10(9-17)8-16-11-4-5-13(15)12(7-11)14(18)19/h4-5,7,10,16H,2-3,6,8-9,15H2,1H3,(H,18,19). The summed E-state index contributed by atoms with van der Waals surface area (Å²) in [7, 11) is 2.14. The van der Waals surface area contributed by atoms with Crippen molar-refractivity contribution in [1.29, 1.82) is 0 Å². The first kappa shape index (κ1) is 13.7. The van der Waals surface area contributed by atoms with Crippen LogP contribution in [-0.2, 0) is 0 Å². The van der Waals surface area contributed by atoms with E-state index < -0.39 is 5.97 Å². The lowest BCUT2D eigenvalue weighted by atomic mass is 9.98. The lowest BCUT2D eigenvalue weighted by Gasteiger charge is -2.30. The predicted octanol–water partition coefficient (Wildman–Crippen LogP) is 1.72. The van der Waals surface area contributed by atoms with Gasteiger partial charge in [-0.05, 0) is 50.6 Å². The van der Waals surface area contributed by atoms with Gasteiger partial charge >= 0.3 is 5.97 Å². The molecule has 1 saturated heterocycles. The number of nitrogens with one attached hydrogen (secondary N) is 1. The number of carbonyl (C=O) groups is 1. The Bertz CT molecular complexity index is 462. The van der Waals surface area contributed by atoms with Crippen LogP contribution in [0.3, 0.4) is 0 Å². The Labute approximate surface area is 113 Å². The first-order valence-corrected chi connectivity index (χ1v) is 6.61. The molecule has 1 aliphatic rings. The minimum Gasteiger partial charge on any atom is -0.478 e. The van der Waals surface area contributed by atoms with Gasteiger partial charge in [0.1, 0.15) is 0 Å². The normalized spacial score (nSPS) is 20.2. The van der Waals surface area contributed by atoms with Crippen LogP contribution in [0.2, 0.25) is 0 Å². The second kappa shape index (κ2) is 5.93. The lowest BCUT2D eigenvalue weighted by Crippen LogP contribution is -2.35. The monoisotopic (exact) mass is 263 g/mol. The first-order valence-electron chi connectivity index (χ1n) is 6.61. The minimum atomic E-state index is -0.987. The molecule has 19 heavy (non-hydrogen) atoms. The number of carboxylic acids is 1. The van der Waals surface area contributed by atoms with Gasteiger partial charge in [0.05, 0.1) is 5.56 Å².